The number of halogens is 1. The summed E-state index contributed by atoms with van der Waals surface area (Å²) in [7, 11) is 0. The molecule has 110 valence electrons. The van der Waals surface area contributed by atoms with Crippen LogP contribution < -0.4 is 5.32 Å². The standard InChI is InChI=1S/C15H15FN2O3/c16-13-5-6-14(15(9-13)18(20)21)17-8-7-11-1-3-12(10-19)4-2-11/h1-6,9,17,19H,7-8,10H2. The Morgan fingerprint density at radius 2 is 1.81 bits per heavy atom. The third-order valence-corrected chi connectivity index (χ3v) is 3.09. The van der Waals surface area contributed by atoms with Gasteiger partial charge in [0.1, 0.15) is 11.5 Å². The molecule has 0 fully saturated rings. The van der Waals surface area contributed by atoms with Crippen LogP contribution in [0.4, 0.5) is 15.8 Å². The fourth-order valence-electron chi connectivity index (χ4n) is 1.96. The zero-order valence-corrected chi connectivity index (χ0v) is 11.3. The van der Waals surface area contributed by atoms with Crippen LogP contribution in [0.2, 0.25) is 0 Å². The van der Waals surface area contributed by atoms with Gasteiger partial charge < -0.3 is 10.4 Å². The summed E-state index contributed by atoms with van der Waals surface area (Å²) in [4.78, 5) is 10.2. The molecule has 0 aliphatic heterocycles. The summed E-state index contributed by atoms with van der Waals surface area (Å²) in [5.41, 5.74) is 1.91. The second kappa shape index (κ2) is 6.81. The summed E-state index contributed by atoms with van der Waals surface area (Å²) >= 11 is 0. The molecular formula is C15H15FN2O3. The fourth-order valence-corrected chi connectivity index (χ4v) is 1.96. The van der Waals surface area contributed by atoms with E-state index in [9.17, 15) is 14.5 Å². The molecule has 2 aromatic rings. The molecule has 2 aromatic carbocycles. The van der Waals surface area contributed by atoms with E-state index in [0.717, 1.165) is 17.2 Å². The van der Waals surface area contributed by atoms with Gasteiger partial charge in [-0.15, -0.1) is 0 Å². The second-order valence-electron chi connectivity index (χ2n) is 4.57. The Balaban J connectivity index is 1.98. The molecule has 0 spiro atoms. The lowest BCUT2D eigenvalue weighted by Crippen LogP contribution is -2.07. The first kappa shape index (κ1) is 14.9. The van der Waals surface area contributed by atoms with E-state index in [1.54, 1.807) is 0 Å². The molecule has 5 nitrogen and oxygen atoms in total. The zero-order chi connectivity index (χ0) is 15.2. The second-order valence-corrected chi connectivity index (χ2v) is 4.57. The number of rotatable bonds is 6. The zero-order valence-electron chi connectivity index (χ0n) is 11.3. The molecule has 0 aliphatic rings. The molecule has 0 bridgehead atoms. The van der Waals surface area contributed by atoms with Gasteiger partial charge in [0.25, 0.3) is 5.69 Å². The van der Waals surface area contributed by atoms with Gasteiger partial charge in [0, 0.05) is 6.54 Å². The number of nitrogens with one attached hydrogen (secondary N) is 1. The summed E-state index contributed by atoms with van der Waals surface area (Å²) in [5.74, 6) is -0.633. The van der Waals surface area contributed by atoms with Crippen LogP contribution in [0.5, 0.6) is 0 Å². The predicted molar refractivity (Wildman–Crippen MR) is 77.6 cm³/mol. The van der Waals surface area contributed by atoms with E-state index in [2.05, 4.69) is 5.32 Å². The van der Waals surface area contributed by atoms with Gasteiger partial charge in [-0.1, -0.05) is 24.3 Å². The number of hydrogen-bond donors (Lipinski definition) is 2. The van der Waals surface area contributed by atoms with E-state index in [1.165, 1.54) is 12.1 Å². The molecule has 0 atom stereocenters. The van der Waals surface area contributed by atoms with Crippen molar-refractivity contribution in [3.8, 4) is 0 Å². The van der Waals surface area contributed by atoms with E-state index in [1.807, 2.05) is 24.3 Å². The fraction of sp³-hybridized carbons (Fsp3) is 0.200. The van der Waals surface area contributed by atoms with E-state index in [-0.39, 0.29) is 12.3 Å². The minimum Gasteiger partial charge on any atom is -0.392 e. The molecule has 0 radical (unpaired) electrons. The number of aliphatic hydroxyl groups is 1. The molecule has 2 N–H and O–H groups in total. The Kier molecular flexibility index (Phi) is 4.84. The van der Waals surface area contributed by atoms with Crippen molar-refractivity contribution in [3.05, 3.63) is 69.5 Å². The van der Waals surface area contributed by atoms with Crippen LogP contribution in [-0.2, 0) is 13.0 Å². The summed E-state index contributed by atoms with van der Waals surface area (Å²) < 4.78 is 13.0. The van der Waals surface area contributed by atoms with Crippen molar-refractivity contribution >= 4 is 11.4 Å². The van der Waals surface area contributed by atoms with Crippen molar-refractivity contribution in [3.63, 3.8) is 0 Å². The molecule has 0 heterocycles. The minimum absolute atomic E-state index is 0.000302. The molecule has 6 heteroatoms. The number of benzene rings is 2. The molecule has 0 aliphatic carbocycles. The highest BCUT2D eigenvalue weighted by Gasteiger charge is 2.14. The quantitative estimate of drug-likeness (QED) is 0.633. The van der Waals surface area contributed by atoms with Crippen molar-refractivity contribution in [2.45, 2.75) is 13.0 Å². The number of aliphatic hydroxyl groups excluding tert-OH is 1. The summed E-state index contributed by atoms with van der Waals surface area (Å²) in [6.07, 6.45) is 0.667. The third-order valence-electron chi connectivity index (χ3n) is 3.09. The first-order valence-corrected chi connectivity index (χ1v) is 6.46. The van der Waals surface area contributed by atoms with Gasteiger partial charge >= 0.3 is 0 Å². The topological polar surface area (TPSA) is 75.4 Å². The molecule has 21 heavy (non-hydrogen) atoms. The van der Waals surface area contributed by atoms with Crippen LogP contribution in [-0.4, -0.2) is 16.6 Å². The molecule has 0 saturated carbocycles. The van der Waals surface area contributed by atoms with Gasteiger partial charge in [-0.3, -0.25) is 10.1 Å². The van der Waals surface area contributed by atoms with Gasteiger partial charge in [-0.05, 0) is 29.7 Å². The van der Waals surface area contributed by atoms with E-state index in [0.29, 0.717) is 18.7 Å². The van der Waals surface area contributed by atoms with Crippen LogP contribution in [0.3, 0.4) is 0 Å². The molecule has 0 aromatic heterocycles. The van der Waals surface area contributed by atoms with E-state index >= 15 is 0 Å². The Labute approximate surface area is 121 Å². The maximum absolute atomic E-state index is 13.0. The van der Waals surface area contributed by atoms with Crippen molar-refractivity contribution < 1.29 is 14.4 Å². The summed E-state index contributed by atoms with van der Waals surface area (Å²) in [6, 6.07) is 10.9. The molecule has 0 saturated heterocycles. The van der Waals surface area contributed by atoms with E-state index in [4.69, 9.17) is 5.11 Å². The summed E-state index contributed by atoms with van der Waals surface area (Å²) in [6.45, 7) is 0.491. The van der Waals surface area contributed by atoms with Crippen LogP contribution >= 0.6 is 0 Å². The van der Waals surface area contributed by atoms with Crippen molar-refractivity contribution in [1.82, 2.24) is 0 Å². The maximum atomic E-state index is 13.0. The average Bonchev–Trinajstić information content (AvgIpc) is 2.49. The van der Waals surface area contributed by atoms with Gasteiger partial charge in [-0.2, -0.15) is 0 Å². The normalized spacial score (nSPS) is 10.4. The highest BCUT2D eigenvalue weighted by atomic mass is 19.1. The Morgan fingerprint density at radius 1 is 1.14 bits per heavy atom. The van der Waals surface area contributed by atoms with Gasteiger partial charge in [-0.25, -0.2) is 4.39 Å². The van der Waals surface area contributed by atoms with Gasteiger partial charge in [0.05, 0.1) is 17.6 Å². The molecular weight excluding hydrogens is 275 g/mol. The SMILES string of the molecule is O=[N+]([O-])c1cc(F)ccc1NCCc1ccc(CO)cc1. The van der Waals surface area contributed by atoms with Crippen molar-refractivity contribution in [2.75, 3.05) is 11.9 Å². The predicted octanol–water partition coefficient (Wildman–Crippen LogP) is 2.88. The van der Waals surface area contributed by atoms with Gasteiger partial charge in [0.15, 0.2) is 0 Å². The largest absolute Gasteiger partial charge is 0.392 e. The lowest BCUT2D eigenvalue weighted by Gasteiger charge is -2.07. The van der Waals surface area contributed by atoms with Crippen LogP contribution in [0.1, 0.15) is 11.1 Å². The molecule has 2 rings (SSSR count). The Bertz CT molecular complexity index is 629. The number of nitrogens with zero attached hydrogens (tertiary/aromatic N) is 1. The number of hydrogen-bond acceptors (Lipinski definition) is 4. The van der Waals surface area contributed by atoms with Crippen LogP contribution in [0.25, 0.3) is 0 Å². The van der Waals surface area contributed by atoms with Crippen LogP contribution in [0.15, 0.2) is 42.5 Å². The highest BCUT2D eigenvalue weighted by Crippen LogP contribution is 2.24. The highest BCUT2D eigenvalue weighted by molar-refractivity contribution is 5.61. The first-order chi connectivity index (χ1) is 10.1. The summed E-state index contributed by atoms with van der Waals surface area (Å²) in [5, 5.41) is 22.7. The minimum atomic E-state index is -0.633. The lowest BCUT2D eigenvalue weighted by molar-refractivity contribution is -0.384. The molecule has 0 amide bonds. The van der Waals surface area contributed by atoms with Crippen LogP contribution in [0, 0.1) is 15.9 Å². The lowest BCUT2D eigenvalue weighted by atomic mass is 10.1. The first-order valence-electron chi connectivity index (χ1n) is 6.46. The third kappa shape index (κ3) is 4.00. The number of anilines is 1. The maximum Gasteiger partial charge on any atom is 0.295 e. The smallest absolute Gasteiger partial charge is 0.295 e. The van der Waals surface area contributed by atoms with Crippen molar-refractivity contribution in [2.24, 2.45) is 0 Å². The van der Waals surface area contributed by atoms with E-state index < -0.39 is 10.7 Å². The monoisotopic (exact) mass is 290 g/mol. The molecule has 0 unspecified atom stereocenters. The number of nitro groups is 1. The Morgan fingerprint density at radius 3 is 2.43 bits per heavy atom. The number of nitro benzene ring substituents is 1. The van der Waals surface area contributed by atoms with Gasteiger partial charge in [0.2, 0.25) is 0 Å². The average molecular weight is 290 g/mol. The Hall–Kier alpha value is -2.47. The van der Waals surface area contributed by atoms with Crippen molar-refractivity contribution in [1.29, 1.82) is 0 Å².